The third-order valence-electron chi connectivity index (χ3n) is 4.14. The minimum absolute atomic E-state index is 0.175. The highest BCUT2D eigenvalue weighted by Crippen LogP contribution is 2.28. The first kappa shape index (κ1) is 15.4. The number of carboxylic acids is 1. The molecule has 1 saturated carbocycles. The number of hydrogen-bond donors (Lipinski definition) is 1. The zero-order valence-corrected chi connectivity index (χ0v) is 12.7. The molecule has 2 fully saturated rings. The van der Waals surface area contributed by atoms with E-state index in [-0.39, 0.29) is 4.90 Å². The molecule has 0 unspecified atom stereocenters. The molecule has 0 atom stereocenters. The third kappa shape index (κ3) is 2.86. The average Bonchev–Trinajstić information content (AvgIpc) is 3.32. The molecule has 1 aliphatic carbocycles. The Morgan fingerprint density at radius 3 is 2.36 bits per heavy atom. The molecule has 1 aromatic carbocycles. The quantitative estimate of drug-likeness (QED) is 0.892. The Balaban J connectivity index is 1.81. The van der Waals surface area contributed by atoms with Gasteiger partial charge in [-0.05, 0) is 31.0 Å². The van der Waals surface area contributed by atoms with E-state index in [1.54, 1.807) is 0 Å². The van der Waals surface area contributed by atoms with Gasteiger partial charge >= 0.3 is 5.97 Å². The van der Waals surface area contributed by atoms with Crippen LogP contribution in [0.4, 0.5) is 4.39 Å². The Morgan fingerprint density at radius 1 is 1.18 bits per heavy atom. The van der Waals surface area contributed by atoms with E-state index in [0.29, 0.717) is 32.2 Å². The maximum absolute atomic E-state index is 13.4. The summed E-state index contributed by atoms with van der Waals surface area (Å²) >= 11 is 0. The average molecular weight is 328 g/mol. The van der Waals surface area contributed by atoms with Gasteiger partial charge in [-0.2, -0.15) is 4.31 Å². The van der Waals surface area contributed by atoms with E-state index in [1.165, 1.54) is 17.1 Å². The molecule has 1 saturated heterocycles. The molecule has 0 aromatic heterocycles. The Bertz CT molecular complexity index is 695. The predicted molar refractivity (Wildman–Crippen MR) is 76.7 cm³/mol. The zero-order valence-electron chi connectivity index (χ0n) is 11.9. The lowest BCUT2D eigenvalue weighted by Crippen LogP contribution is -2.49. The van der Waals surface area contributed by atoms with Gasteiger partial charge in [-0.15, -0.1) is 0 Å². The maximum atomic E-state index is 13.4. The largest absolute Gasteiger partial charge is 0.478 e. The monoisotopic (exact) mass is 328 g/mol. The fourth-order valence-corrected chi connectivity index (χ4v) is 4.18. The van der Waals surface area contributed by atoms with Gasteiger partial charge in [0.15, 0.2) is 0 Å². The number of nitrogens with zero attached hydrogens (tertiary/aromatic N) is 2. The molecule has 3 rings (SSSR count). The summed E-state index contributed by atoms with van der Waals surface area (Å²) in [5, 5.41) is 8.91. The number of benzene rings is 1. The van der Waals surface area contributed by atoms with E-state index in [1.807, 2.05) is 0 Å². The molecule has 0 spiro atoms. The van der Waals surface area contributed by atoms with Gasteiger partial charge in [0.25, 0.3) is 0 Å². The Labute approximate surface area is 128 Å². The second-order valence-corrected chi connectivity index (χ2v) is 7.56. The molecule has 2 aliphatic rings. The van der Waals surface area contributed by atoms with Crippen molar-refractivity contribution in [2.75, 3.05) is 26.2 Å². The lowest BCUT2D eigenvalue weighted by molar-refractivity contribution is 0.0691. The Kier molecular flexibility index (Phi) is 3.92. The fourth-order valence-electron chi connectivity index (χ4n) is 2.73. The lowest BCUT2D eigenvalue weighted by Gasteiger charge is -2.34. The minimum Gasteiger partial charge on any atom is -0.478 e. The van der Waals surface area contributed by atoms with Crippen molar-refractivity contribution < 1.29 is 22.7 Å². The van der Waals surface area contributed by atoms with Crippen LogP contribution in [0.25, 0.3) is 0 Å². The molecular weight excluding hydrogens is 311 g/mol. The van der Waals surface area contributed by atoms with Crippen LogP contribution in [0.2, 0.25) is 0 Å². The summed E-state index contributed by atoms with van der Waals surface area (Å²) in [6.07, 6.45) is 2.35. The van der Waals surface area contributed by atoms with Gasteiger partial charge in [0.1, 0.15) is 5.82 Å². The van der Waals surface area contributed by atoms with Gasteiger partial charge in [-0.1, -0.05) is 0 Å². The van der Waals surface area contributed by atoms with E-state index in [2.05, 4.69) is 4.90 Å². The van der Waals surface area contributed by atoms with Crippen LogP contribution in [-0.2, 0) is 10.0 Å². The number of aromatic carboxylic acids is 1. The van der Waals surface area contributed by atoms with Gasteiger partial charge in [-0.25, -0.2) is 17.6 Å². The minimum atomic E-state index is -3.79. The van der Waals surface area contributed by atoms with E-state index in [0.717, 1.165) is 18.2 Å². The third-order valence-corrected chi connectivity index (χ3v) is 6.04. The molecule has 1 aliphatic heterocycles. The van der Waals surface area contributed by atoms with Crippen molar-refractivity contribution in [3.63, 3.8) is 0 Å². The first-order chi connectivity index (χ1) is 10.4. The second-order valence-electron chi connectivity index (χ2n) is 5.62. The Morgan fingerprint density at radius 2 is 1.82 bits per heavy atom. The van der Waals surface area contributed by atoms with Crippen LogP contribution in [0, 0.1) is 5.82 Å². The van der Waals surface area contributed by atoms with Gasteiger partial charge in [0.05, 0.1) is 10.5 Å². The van der Waals surface area contributed by atoms with Crippen molar-refractivity contribution in [3.05, 3.63) is 29.6 Å². The molecule has 0 bridgehead atoms. The van der Waals surface area contributed by atoms with Crippen molar-refractivity contribution in [3.8, 4) is 0 Å². The van der Waals surface area contributed by atoms with Crippen molar-refractivity contribution >= 4 is 16.0 Å². The predicted octanol–water partition coefficient (Wildman–Crippen LogP) is 0.993. The molecule has 22 heavy (non-hydrogen) atoms. The SMILES string of the molecule is O=C(O)c1cc(S(=O)(=O)N2CCN(C3CC3)CC2)ccc1F. The molecule has 1 N–H and O–H groups in total. The van der Waals surface area contributed by atoms with Crippen LogP contribution in [0.3, 0.4) is 0 Å². The first-order valence-electron chi connectivity index (χ1n) is 7.16. The Hall–Kier alpha value is -1.51. The lowest BCUT2D eigenvalue weighted by atomic mass is 10.2. The smallest absolute Gasteiger partial charge is 0.338 e. The van der Waals surface area contributed by atoms with Crippen LogP contribution >= 0.6 is 0 Å². The van der Waals surface area contributed by atoms with E-state index in [4.69, 9.17) is 5.11 Å². The van der Waals surface area contributed by atoms with Crippen LogP contribution in [-0.4, -0.2) is 60.9 Å². The summed E-state index contributed by atoms with van der Waals surface area (Å²) in [7, 11) is -3.79. The first-order valence-corrected chi connectivity index (χ1v) is 8.60. The summed E-state index contributed by atoms with van der Waals surface area (Å²) < 4.78 is 39.9. The number of carbonyl (C=O) groups is 1. The van der Waals surface area contributed by atoms with Crippen molar-refractivity contribution in [1.82, 2.24) is 9.21 Å². The summed E-state index contributed by atoms with van der Waals surface area (Å²) in [4.78, 5) is 13.0. The number of sulfonamides is 1. The molecule has 120 valence electrons. The molecule has 0 radical (unpaired) electrons. The van der Waals surface area contributed by atoms with Gasteiger partial charge in [0, 0.05) is 32.2 Å². The standard InChI is InChI=1S/C14H17FN2O4S/c15-13-4-3-11(9-12(13)14(18)19)22(20,21)17-7-5-16(6-8-17)10-1-2-10/h3-4,9-10H,1-2,5-8H2,(H,18,19). The van der Waals surface area contributed by atoms with Crippen molar-refractivity contribution in [2.45, 2.75) is 23.8 Å². The van der Waals surface area contributed by atoms with Gasteiger partial charge in [-0.3, -0.25) is 4.90 Å². The van der Waals surface area contributed by atoms with Crippen LogP contribution in [0.5, 0.6) is 0 Å². The highest BCUT2D eigenvalue weighted by Gasteiger charge is 2.35. The molecule has 1 heterocycles. The summed E-state index contributed by atoms with van der Waals surface area (Å²) in [5.74, 6) is -2.42. The number of piperazine rings is 1. The van der Waals surface area contributed by atoms with E-state index < -0.39 is 27.4 Å². The highest BCUT2D eigenvalue weighted by atomic mass is 32.2. The second kappa shape index (κ2) is 5.60. The number of hydrogen-bond acceptors (Lipinski definition) is 4. The van der Waals surface area contributed by atoms with E-state index >= 15 is 0 Å². The number of halogens is 1. The number of carboxylic acid groups (broad SMARTS) is 1. The molecular formula is C14H17FN2O4S. The van der Waals surface area contributed by atoms with Crippen LogP contribution < -0.4 is 0 Å². The van der Waals surface area contributed by atoms with Gasteiger partial charge < -0.3 is 5.11 Å². The van der Waals surface area contributed by atoms with Crippen molar-refractivity contribution in [1.29, 1.82) is 0 Å². The molecule has 8 heteroatoms. The summed E-state index contributed by atoms with van der Waals surface area (Å²) in [6.45, 7) is 2.10. The van der Waals surface area contributed by atoms with E-state index in [9.17, 15) is 17.6 Å². The number of rotatable bonds is 4. The summed E-state index contributed by atoms with van der Waals surface area (Å²) in [6, 6.07) is 3.48. The molecule has 0 amide bonds. The highest BCUT2D eigenvalue weighted by molar-refractivity contribution is 7.89. The molecule has 6 nitrogen and oxygen atoms in total. The van der Waals surface area contributed by atoms with Gasteiger partial charge in [0.2, 0.25) is 10.0 Å². The van der Waals surface area contributed by atoms with Crippen LogP contribution in [0.1, 0.15) is 23.2 Å². The molecule has 1 aromatic rings. The summed E-state index contributed by atoms with van der Waals surface area (Å²) in [5.41, 5.74) is -0.627. The fraction of sp³-hybridized carbons (Fsp3) is 0.500. The zero-order chi connectivity index (χ0) is 15.9. The maximum Gasteiger partial charge on any atom is 0.338 e. The topological polar surface area (TPSA) is 77.9 Å². The van der Waals surface area contributed by atoms with Crippen LogP contribution in [0.15, 0.2) is 23.1 Å². The van der Waals surface area contributed by atoms with Crippen molar-refractivity contribution in [2.24, 2.45) is 0 Å². The normalized spacial score (nSPS) is 21.0.